The number of ether oxygens (including phenoxy) is 1. The Hall–Kier alpha value is -2.64. The number of nitro groups is 1. The highest BCUT2D eigenvalue weighted by Crippen LogP contribution is 2.35. The summed E-state index contributed by atoms with van der Waals surface area (Å²) in [7, 11) is 0. The maximum absolute atomic E-state index is 12.5. The summed E-state index contributed by atoms with van der Waals surface area (Å²) in [5, 5.41) is 20.6. The third-order valence-electron chi connectivity index (χ3n) is 4.14. The molecule has 0 saturated carbocycles. The maximum Gasteiger partial charge on any atom is 0.411 e. The lowest BCUT2D eigenvalue weighted by atomic mass is 9.88. The van der Waals surface area contributed by atoms with Crippen LogP contribution in [-0.2, 0) is 16.0 Å². The molecule has 0 bridgehead atoms. The van der Waals surface area contributed by atoms with Crippen LogP contribution in [0.15, 0.2) is 24.3 Å². The van der Waals surface area contributed by atoms with Crippen LogP contribution in [0.5, 0.6) is 0 Å². The van der Waals surface area contributed by atoms with Gasteiger partial charge in [0.15, 0.2) is 0 Å². The number of carboxylic acids is 1. The van der Waals surface area contributed by atoms with E-state index in [2.05, 4.69) is 0 Å². The van der Waals surface area contributed by atoms with E-state index in [1.165, 1.54) is 29.2 Å². The Labute approximate surface area is 145 Å². The first-order valence-electron chi connectivity index (χ1n) is 8.02. The van der Waals surface area contributed by atoms with Crippen molar-refractivity contribution in [3.8, 4) is 0 Å². The summed E-state index contributed by atoms with van der Waals surface area (Å²) >= 11 is 0. The van der Waals surface area contributed by atoms with Gasteiger partial charge in [0.2, 0.25) is 0 Å². The summed E-state index contributed by atoms with van der Waals surface area (Å²) in [5.74, 6) is -1.10. The molecule has 1 atom stereocenters. The molecule has 1 N–H and O–H groups in total. The summed E-state index contributed by atoms with van der Waals surface area (Å²) in [6.45, 7) is 5.47. The fraction of sp³-hybridized carbons (Fsp3) is 0.529. The quantitative estimate of drug-likeness (QED) is 0.660. The number of hydrogen-bond acceptors (Lipinski definition) is 5. The third kappa shape index (κ3) is 4.07. The number of carbonyl (C=O) groups excluding carboxylic acids is 1. The Kier molecular flexibility index (Phi) is 5.01. The Morgan fingerprint density at radius 1 is 1.32 bits per heavy atom. The van der Waals surface area contributed by atoms with Crippen LogP contribution in [-0.4, -0.2) is 44.7 Å². The number of aliphatic carboxylic acids is 1. The van der Waals surface area contributed by atoms with E-state index in [4.69, 9.17) is 4.74 Å². The molecule has 1 aromatic rings. The van der Waals surface area contributed by atoms with Gasteiger partial charge in [0.05, 0.1) is 4.92 Å². The Balaban J connectivity index is 2.29. The molecular formula is C17H22N2O6. The average Bonchev–Trinajstić information content (AvgIpc) is 2.91. The van der Waals surface area contributed by atoms with Crippen molar-refractivity contribution in [1.29, 1.82) is 0 Å². The summed E-state index contributed by atoms with van der Waals surface area (Å²) in [6.07, 6.45) is 0.269. The molecule has 0 spiro atoms. The zero-order valence-corrected chi connectivity index (χ0v) is 14.5. The number of non-ortho nitro benzene ring substituents is 1. The molecule has 1 aromatic carbocycles. The Bertz CT molecular complexity index is 679. The average molecular weight is 350 g/mol. The van der Waals surface area contributed by atoms with E-state index < -0.39 is 28.1 Å². The van der Waals surface area contributed by atoms with Gasteiger partial charge in [-0.05, 0) is 39.2 Å². The minimum absolute atomic E-state index is 0.0662. The molecule has 1 fully saturated rings. The Morgan fingerprint density at radius 2 is 1.92 bits per heavy atom. The number of hydrogen-bond donors (Lipinski definition) is 1. The van der Waals surface area contributed by atoms with E-state index in [1.54, 1.807) is 20.8 Å². The summed E-state index contributed by atoms with van der Waals surface area (Å²) in [5.41, 5.74) is -1.58. The molecule has 1 heterocycles. The van der Waals surface area contributed by atoms with Crippen LogP contribution in [0.4, 0.5) is 10.5 Å². The van der Waals surface area contributed by atoms with Gasteiger partial charge in [-0.25, -0.2) is 9.59 Å². The second-order valence-electron chi connectivity index (χ2n) is 7.17. The van der Waals surface area contributed by atoms with Gasteiger partial charge in [0.25, 0.3) is 5.69 Å². The van der Waals surface area contributed by atoms with Gasteiger partial charge in [0.1, 0.15) is 11.1 Å². The topological polar surface area (TPSA) is 110 Å². The van der Waals surface area contributed by atoms with Gasteiger partial charge in [-0.1, -0.05) is 12.1 Å². The van der Waals surface area contributed by atoms with Crippen molar-refractivity contribution in [2.75, 3.05) is 6.54 Å². The first-order chi connectivity index (χ1) is 11.5. The standard InChI is InChI=1S/C17H22N2O6/c1-16(2,3)25-15(22)18-10-4-9-17(18,14(20)21)11-12-5-7-13(8-6-12)19(23)24/h5-8H,4,9-11H2,1-3H3,(H,20,21)/t17-/m0/s1. The number of nitrogens with zero attached hydrogens (tertiary/aromatic N) is 2. The summed E-state index contributed by atoms with van der Waals surface area (Å²) in [6, 6.07) is 5.71. The van der Waals surface area contributed by atoms with Crippen LogP contribution in [0.25, 0.3) is 0 Å². The molecule has 0 radical (unpaired) electrons. The molecule has 0 unspecified atom stereocenters. The van der Waals surface area contributed by atoms with E-state index in [0.29, 0.717) is 24.9 Å². The number of benzene rings is 1. The fourth-order valence-corrected chi connectivity index (χ4v) is 3.02. The van der Waals surface area contributed by atoms with Crippen LogP contribution >= 0.6 is 0 Å². The first-order valence-corrected chi connectivity index (χ1v) is 8.02. The van der Waals surface area contributed by atoms with Gasteiger partial charge in [-0.15, -0.1) is 0 Å². The van der Waals surface area contributed by atoms with Crippen LogP contribution in [0.3, 0.4) is 0 Å². The molecule has 1 saturated heterocycles. The van der Waals surface area contributed by atoms with Crippen molar-refractivity contribution in [3.05, 3.63) is 39.9 Å². The zero-order valence-electron chi connectivity index (χ0n) is 14.5. The molecule has 2 rings (SSSR count). The second kappa shape index (κ2) is 6.70. The van der Waals surface area contributed by atoms with E-state index in [1.807, 2.05) is 0 Å². The normalized spacial score (nSPS) is 20.4. The largest absolute Gasteiger partial charge is 0.479 e. The molecule has 1 aliphatic rings. The van der Waals surface area contributed by atoms with Crippen molar-refractivity contribution in [2.45, 2.75) is 51.2 Å². The number of carbonyl (C=O) groups is 2. The van der Waals surface area contributed by atoms with Crippen molar-refractivity contribution in [2.24, 2.45) is 0 Å². The molecule has 8 heteroatoms. The van der Waals surface area contributed by atoms with Crippen molar-refractivity contribution < 1.29 is 24.4 Å². The summed E-state index contributed by atoms with van der Waals surface area (Å²) in [4.78, 5) is 36.0. The predicted octanol–water partition coefficient (Wildman–Crippen LogP) is 2.99. The monoisotopic (exact) mass is 350 g/mol. The van der Waals surface area contributed by atoms with Crippen LogP contribution < -0.4 is 0 Å². The van der Waals surface area contributed by atoms with E-state index in [-0.39, 0.29) is 12.1 Å². The molecule has 8 nitrogen and oxygen atoms in total. The number of nitro benzene ring substituents is 1. The van der Waals surface area contributed by atoms with E-state index in [9.17, 15) is 24.8 Å². The highest BCUT2D eigenvalue weighted by atomic mass is 16.6. The maximum atomic E-state index is 12.5. The van der Waals surface area contributed by atoms with Crippen LogP contribution in [0, 0.1) is 10.1 Å². The molecule has 1 amide bonds. The number of amides is 1. The molecule has 25 heavy (non-hydrogen) atoms. The van der Waals surface area contributed by atoms with Gasteiger partial charge in [-0.3, -0.25) is 15.0 Å². The number of rotatable bonds is 4. The number of carboxylic acid groups (broad SMARTS) is 1. The molecule has 1 aliphatic heterocycles. The predicted molar refractivity (Wildman–Crippen MR) is 89.3 cm³/mol. The fourth-order valence-electron chi connectivity index (χ4n) is 3.02. The Morgan fingerprint density at radius 3 is 2.40 bits per heavy atom. The highest BCUT2D eigenvalue weighted by molar-refractivity contribution is 5.85. The molecule has 0 aromatic heterocycles. The third-order valence-corrected chi connectivity index (χ3v) is 4.14. The summed E-state index contributed by atoms with van der Waals surface area (Å²) < 4.78 is 5.35. The number of likely N-dealkylation sites (tertiary alicyclic amines) is 1. The van der Waals surface area contributed by atoms with Crippen molar-refractivity contribution in [3.63, 3.8) is 0 Å². The molecule has 0 aliphatic carbocycles. The zero-order chi connectivity index (χ0) is 18.8. The van der Waals surface area contributed by atoms with Crippen LogP contribution in [0.2, 0.25) is 0 Å². The van der Waals surface area contributed by atoms with Crippen LogP contribution in [0.1, 0.15) is 39.2 Å². The van der Waals surface area contributed by atoms with Gasteiger partial charge in [-0.2, -0.15) is 0 Å². The SMILES string of the molecule is CC(C)(C)OC(=O)N1CCC[C@]1(Cc1ccc([N+](=O)[O-])cc1)C(=O)O. The van der Waals surface area contributed by atoms with E-state index >= 15 is 0 Å². The highest BCUT2D eigenvalue weighted by Gasteiger charge is 2.51. The lowest BCUT2D eigenvalue weighted by Crippen LogP contribution is -2.55. The minimum atomic E-state index is -1.40. The molecular weight excluding hydrogens is 328 g/mol. The van der Waals surface area contributed by atoms with Gasteiger partial charge < -0.3 is 9.84 Å². The second-order valence-corrected chi connectivity index (χ2v) is 7.17. The van der Waals surface area contributed by atoms with E-state index in [0.717, 1.165) is 0 Å². The van der Waals surface area contributed by atoms with Crippen molar-refractivity contribution >= 4 is 17.7 Å². The minimum Gasteiger partial charge on any atom is -0.479 e. The molecule has 136 valence electrons. The van der Waals surface area contributed by atoms with Gasteiger partial charge in [0, 0.05) is 25.1 Å². The lowest BCUT2D eigenvalue weighted by Gasteiger charge is -2.36. The van der Waals surface area contributed by atoms with Crippen molar-refractivity contribution in [1.82, 2.24) is 4.90 Å². The lowest BCUT2D eigenvalue weighted by molar-refractivity contribution is -0.384. The smallest absolute Gasteiger partial charge is 0.411 e. The van der Waals surface area contributed by atoms with Gasteiger partial charge >= 0.3 is 12.1 Å². The first kappa shape index (κ1) is 18.7.